The van der Waals surface area contributed by atoms with E-state index in [1.807, 2.05) is 48.5 Å². The third-order valence-corrected chi connectivity index (χ3v) is 4.99. The summed E-state index contributed by atoms with van der Waals surface area (Å²) in [6.45, 7) is 1.000. The topological polar surface area (TPSA) is 47.9 Å². The van der Waals surface area contributed by atoms with Gasteiger partial charge in [0.25, 0.3) is 0 Å². The molecule has 0 bridgehead atoms. The van der Waals surface area contributed by atoms with E-state index >= 15 is 0 Å². The predicted molar refractivity (Wildman–Crippen MR) is 93.9 cm³/mol. The molecule has 0 unspecified atom stereocenters. The Morgan fingerprint density at radius 2 is 1.40 bits per heavy atom. The maximum atomic E-state index is 9.74. The molecule has 2 fully saturated rings. The molecular formula is C21H24O4. The molecule has 4 rings (SSSR count). The van der Waals surface area contributed by atoms with Gasteiger partial charge in [0.1, 0.15) is 12.2 Å². The second-order valence-corrected chi connectivity index (χ2v) is 6.82. The summed E-state index contributed by atoms with van der Waals surface area (Å²) in [5.74, 6) is 0.368. The Labute approximate surface area is 148 Å². The van der Waals surface area contributed by atoms with E-state index in [9.17, 15) is 5.11 Å². The number of hydrogen-bond acceptors (Lipinski definition) is 4. The first kappa shape index (κ1) is 16.7. The Balaban J connectivity index is 1.43. The van der Waals surface area contributed by atoms with Crippen LogP contribution < -0.4 is 0 Å². The van der Waals surface area contributed by atoms with Gasteiger partial charge in [0, 0.05) is 5.92 Å². The van der Waals surface area contributed by atoms with E-state index in [0.717, 1.165) is 17.5 Å². The van der Waals surface area contributed by atoms with Gasteiger partial charge in [-0.3, -0.25) is 0 Å². The molecule has 0 spiro atoms. The molecule has 1 saturated carbocycles. The molecule has 1 heterocycles. The SMILES string of the molecule is OC[C@H]1O[C@@H]2C[C@@H]2[C@@H](OCc2ccccc2)[C@@H]1OCc1ccccc1. The minimum Gasteiger partial charge on any atom is -0.394 e. The van der Waals surface area contributed by atoms with Gasteiger partial charge in [-0.25, -0.2) is 0 Å². The Bertz CT molecular complexity index is 660. The van der Waals surface area contributed by atoms with Crippen molar-refractivity contribution in [2.75, 3.05) is 6.61 Å². The zero-order chi connectivity index (χ0) is 17.1. The average Bonchev–Trinajstić information content (AvgIpc) is 3.45. The fraction of sp³-hybridized carbons (Fsp3) is 0.429. The van der Waals surface area contributed by atoms with Crippen molar-refractivity contribution in [3.8, 4) is 0 Å². The lowest BCUT2D eigenvalue weighted by Crippen LogP contribution is -2.50. The highest BCUT2D eigenvalue weighted by Gasteiger charge is 2.55. The number of benzene rings is 2. The summed E-state index contributed by atoms with van der Waals surface area (Å²) in [5, 5.41) is 9.74. The fourth-order valence-electron chi connectivity index (χ4n) is 3.55. The van der Waals surface area contributed by atoms with Crippen LogP contribution in [0.15, 0.2) is 60.7 Å². The first-order valence-electron chi connectivity index (χ1n) is 8.92. The van der Waals surface area contributed by atoms with Crippen LogP contribution in [0.5, 0.6) is 0 Å². The molecule has 4 nitrogen and oxygen atoms in total. The lowest BCUT2D eigenvalue weighted by molar-refractivity contribution is -0.195. The van der Waals surface area contributed by atoms with Crippen LogP contribution >= 0.6 is 0 Å². The number of hydrogen-bond donors (Lipinski definition) is 1. The maximum absolute atomic E-state index is 9.74. The third-order valence-electron chi connectivity index (χ3n) is 4.99. The van der Waals surface area contributed by atoms with Gasteiger partial charge in [-0.2, -0.15) is 0 Å². The average molecular weight is 340 g/mol. The summed E-state index contributed by atoms with van der Waals surface area (Å²) >= 11 is 0. The summed E-state index contributed by atoms with van der Waals surface area (Å²) in [6.07, 6.45) is 0.571. The summed E-state index contributed by atoms with van der Waals surface area (Å²) in [4.78, 5) is 0. The first-order chi connectivity index (χ1) is 12.3. The van der Waals surface area contributed by atoms with E-state index in [-0.39, 0.29) is 31.0 Å². The van der Waals surface area contributed by atoms with Crippen LogP contribution in [0.3, 0.4) is 0 Å². The Morgan fingerprint density at radius 1 is 0.840 bits per heavy atom. The molecule has 1 aliphatic heterocycles. The van der Waals surface area contributed by atoms with Gasteiger partial charge in [-0.1, -0.05) is 60.7 Å². The number of fused-ring (bicyclic) bond motifs is 1. The normalized spacial score (nSPS) is 30.7. The van der Waals surface area contributed by atoms with E-state index in [4.69, 9.17) is 14.2 Å². The van der Waals surface area contributed by atoms with Crippen LogP contribution in [0.4, 0.5) is 0 Å². The van der Waals surface area contributed by atoms with Crippen molar-refractivity contribution in [2.45, 2.75) is 44.1 Å². The van der Waals surface area contributed by atoms with Crippen molar-refractivity contribution in [3.63, 3.8) is 0 Å². The molecule has 2 aliphatic rings. The molecule has 1 saturated heterocycles. The van der Waals surface area contributed by atoms with E-state index in [0.29, 0.717) is 19.1 Å². The fourth-order valence-corrected chi connectivity index (χ4v) is 3.55. The zero-order valence-electron chi connectivity index (χ0n) is 14.2. The summed E-state index contributed by atoms with van der Waals surface area (Å²) < 4.78 is 18.3. The maximum Gasteiger partial charge on any atom is 0.113 e. The molecular weight excluding hydrogens is 316 g/mol. The van der Waals surface area contributed by atoms with Crippen molar-refractivity contribution < 1.29 is 19.3 Å². The molecule has 1 aliphatic carbocycles. The minimum absolute atomic E-state index is 0.0418. The molecule has 4 heteroatoms. The van der Waals surface area contributed by atoms with Gasteiger partial charge < -0.3 is 19.3 Å². The number of ether oxygens (including phenoxy) is 3. The van der Waals surface area contributed by atoms with Crippen LogP contribution in [0, 0.1) is 5.92 Å². The van der Waals surface area contributed by atoms with Crippen LogP contribution in [0.2, 0.25) is 0 Å². The van der Waals surface area contributed by atoms with Gasteiger partial charge >= 0.3 is 0 Å². The van der Waals surface area contributed by atoms with E-state index in [1.165, 1.54) is 0 Å². The van der Waals surface area contributed by atoms with Gasteiger partial charge in [-0.15, -0.1) is 0 Å². The van der Waals surface area contributed by atoms with Crippen LogP contribution in [-0.4, -0.2) is 36.1 Å². The predicted octanol–water partition coefficient (Wildman–Crippen LogP) is 2.94. The van der Waals surface area contributed by atoms with Crippen molar-refractivity contribution in [2.24, 2.45) is 5.92 Å². The van der Waals surface area contributed by atoms with E-state index < -0.39 is 0 Å². The Morgan fingerprint density at radius 3 is 1.96 bits per heavy atom. The van der Waals surface area contributed by atoms with Crippen molar-refractivity contribution in [3.05, 3.63) is 71.8 Å². The van der Waals surface area contributed by atoms with Crippen LogP contribution in [0.25, 0.3) is 0 Å². The number of rotatable bonds is 7. The molecule has 5 atom stereocenters. The quantitative estimate of drug-likeness (QED) is 0.842. The van der Waals surface area contributed by atoms with Gasteiger partial charge in [-0.05, 0) is 17.5 Å². The monoisotopic (exact) mass is 340 g/mol. The van der Waals surface area contributed by atoms with Crippen molar-refractivity contribution >= 4 is 0 Å². The second-order valence-electron chi connectivity index (χ2n) is 6.82. The van der Waals surface area contributed by atoms with Crippen molar-refractivity contribution in [1.29, 1.82) is 0 Å². The lowest BCUT2D eigenvalue weighted by Gasteiger charge is -2.36. The molecule has 1 N–H and O–H groups in total. The minimum atomic E-state index is -0.326. The molecule has 0 radical (unpaired) electrons. The number of aliphatic hydroxyl groups is 1. The highest BCUT2D eigenvalue weighted by Crippen LogP contribution is 2.46. The zero-order valence-corrected chi connectivity index (χ0v) is 14.2. The van der Waals surface area contributed by atoms with Gasteiger partial charge in [0.2, 0.25) is 0 Å². The number of aliphatic hydroxyl groups excluding tert-OH is 1. The molecule has 2 aromatic carbocycles. The molecule has 0 amide bonds. The molecule has 0 aromatic heterocycles. The highest BCUT2D eigenvalue weighted by atomic mass is 16.6. The van der Waals surface area contributed by atoms with Crippen LogP contribution in [-0.2, 0) is 27.4 Å². The lowest BCUT2D eigenvalue weighted by atomic mass is 10.0. The first-order valence-corrected chi connectivity index (χ1v) is 8.92. The Hall–Kier alpha value is -1.72. The molecule has 25 heavy (non-hydrogen) atoms. The van der Waals surface area contributed by atoms with Gasteiger partial charge in [0.05, 0.1) is 32.0 Å². The second kappa shape index (κ2) is 7.67. The van der Waals surface area contributed by atoms with E-state index in [1.54, 1.807) is 0 Å². The van der Waals surface area contributed by atoms with Crippen molar-refractivity contribution in [1.82, 2.24) is 0 Å². The largest absolute Gasteiger partial charge is 0.394 e. The van der Waals surface area contributed by atoms with E-state index in [2.05, 4.69) is 12.1 Å². The molecule has 2 aromatic rings. The van der Waals surface area contributed by atoms with Gasteiger partial charge in [0.15, 0.2) is 0 Å². The van der Waals surface area contributed by atoms with Crippen LogP contribution in [0.1, 0.15) is 17.5 Å². The highest BCUT2D eigenvalue weighted by molar-refractivity contribution is 5.15. The summed E-state index contributed by atoms with van der Waals surface area (Å²) in [5.41, 5.74) is 2.26. The third kappa shape index (κ3) is 3.93. The smallest absolute Gasteiger partial charge is 0.113 e. The Kier molecular flexibility index (Phi) is 5.13. The summed E-state index contributed by atoms with van der Waals surface area (Å²) in [6, 6.07) is 20.2. The summed E-state index contributed by atoms with van der Waals surface area (Å²) in [7, 11) is 0. The molecule has 132 valence electrons. The standard InChI is InChI=1S/C21H24O4/c22-12-19-21(24-14-16-9-5-2-6-10-16)20(17-11-18(17)25-19)23-13-15-7-3-1-4-8-15/h1-10,17-22H,11-14H2/t17-,18+,19+,20+,21+/m0/s1.